The van der Waals surface area contributed by atoms with Crippen LogP contribution in [-0.4, -0.2) is 19.4 Å². The van der Waals surface area contributed by atoms with Crippen molar-refractivity contribution in [3.63, 3.8) is 0 Å². The van der Waals surface area contributed by atoms with Gasteiger partial charge in [-0.1, -0.05) is 42.5 Å². The van der Waals surface area contributed by atoms with E-state index >= 15 is 0 Å². The molecule has 0 aromatic carbocycles. The topological polar surface area (TPSA) is 43.4 Å². The molecule has 0 amide bonds. The summed E-state index contributed by atoms with van der Waals surface area (Å²) in [7, 11) is 1.41. The van der Waals surface area contributed by atoms with Gasteiger partial charge in [0.05, 0.1) is 7.11 Å². The SMILES string of the molecule is COC(=O)CCCC=CCCC=CC=CC=CC=O. The molecule has 0 spiro atoms. The van der Waals surface area contributed by atoms with Crippen LogP contribution in [0.1, 0.15) is 32.1 Å². The summed E-state index contributed by atoms with van der Waals surface area (Å²) in [6, 6.07) is 0. The van der Waals surface area contributed by atoms with E-state index in [1.807, 2.05) is 18.2 Å². The number of hydrogen-bond donors (Lipinski definition) is 0. The van der Waals surface area contributed by atoms with Crippen molar-refractivity contribution in [1.29, 1.82) is 0 Å². The highest BCUT2D eigenvalue weighted by Crippen LogP contribution is 2.00. The zero-order valence-corrected chi connectivity index (χ0v) is 11.5. The van der Waals surface area contributed by atoms with E-state index in [0.29, 0.717) is 6.42 Å². The molecule has 0 saturated heterocycles. The fourth-order valence-corrected chi connectivity index (χ4v) is 1.31. The van der Waals surface area contributed by atoms with Crippen LogP contribution in [0, 0.1) is 0 Å². The van der Waals surface area contributed by atoms with Gasteiger partial charge in [-0.3, -0.25) is 9.59 Å². The zero-order chi connectivity index (χ0) is 14.2. The second-order valence-corrected chi connectivity index (χ2v) is 3.85. The minimum atomic E-state index is -0.147. The zero-order valence-electron chi connectivity index (χ0n) is 11.5. The van der Waals surface area contributed by atoms with Crippen molar-refractivity contribution >= 4 is 12.3 Å². The van der Waals surface area contributed by atoms with Crippen molar-refractivity contribution < 1.29 is 14.3 Å². The number of rotatable bonds is 10. The normalized spacial score (nSPS) is 12.1. The van der Waals surface area contributed by atoms with Crippen LogP contribution in [-0.2, 0) is 14.3 Å². The molecule has 0 aliphatic rings. The van der Waals surface area contributed by atoms with Gasteiger partial charge < -0.3 is 4.74 Å². The van der Waals surface area contributed by atoms with E-state index in [2.05, 4.69) is 23.0 Å². The largest absolute Gasteiger partial charge is 0.469 e. The lowest BCUT2D eigenvalue weighted by atomic mass is 10.2. The van der Waals surface area contributed by atoms with E-state index in [-0.39, 0.29) is 5.97 Å². The van der Waals surface area contributed by atoms with Crippen LogP contribution in [0.3, 0.4) is 0 Å². The standard InChI is InChI=1S/C16H22O3/c1-19-16(18)14-12-10-8-6-4-2-3-5-7-9-11-13-15-17/h3,5-9,11,13,15H,2,4,10,12,14H2,1H3. The summed E-state index contributed by atoms with van der Waals surface area (Å²) in [6.45, 7) is 0. The fourth-order valence-electron chi connectivity index (χ4n) is 1.31. The monoisotopic (exact) mass is 262 g/mol. The lowest BCUT2D eigenvalue weighted by Gasteiger charge is -1.95. The predicted molar refractivity (Wildman–Crippen MR) is 77.7 cm³/mol. The Hall–Kier alpha value is -1.90. The molecule has 104 valence electrons. The van der Waals surface area contributed by atoms with E-state index in [9.17, 15) is 9.59 Å². The predicted octanol–water partition coefficient (Wildman–Crippen LogP) is 3.53. The van der Waals surface area contributed by atoms with Crippen molar-refractivity contribution in [3.05, 3.63) is 48.6 Å². The van der Waals surface area contributed by atoms with Crippen LogP contribution >= 0.6 is 0 Å². The summed E-state index contributed by atoms with van der Waals surface area (Å²) in [6.07, 6.45) is 20.1. The summed E-state index contributed by atoms with van der Waals surface area (Å²) in [5.41, 5.74) is 0. The molecule has 0 fully saturated rings. The second kappa shape index (κ2) is 14.2. The quantitative estimate of drug-likeness (QED) is 0.151. The summed E-state index contributed by atoms with van der Waals surface area (Å²) in [5, 5.41) is 0. The summed E-state index contributed by atoms with van der Waals surface area (Å²) in [5.74, 6) is -0.147. The molecule has 0 aromatic rings. The third-order valence-electron chi connectivity index (χ3n) is 2.31. The minimum Gasteiger partial charge on any atom is -0.469 e. The number of allylic oxidation sites excluding steroid dienone is 8. The first-order valence-electron chi connectivity index (χ1n) is 6.46. The van der Waals surface area contributed by atoms with Crippen LogP contribution in [0.15, 0.2) is 48.6 Å². The van der Waals surface area contributed by atoms with Crippen molar-refractivity contribution in [2.24, 2.45) is 0 Å². The Kier molecular flexibility index (Phi) is 12.7. The molecule has 0 bridgehead atoms. The van der Waals surface area contributed by atoms with E-state index in [4.69, 9.17) is 0 Å². The van der Waals surface area contributed by atoms with Crippen LogP contribution in [0.2, 0.25) is 0 Å². The molecule has 0 aliphatic carbocycles. The Balaban J connectivity index is 3.45. The minimum absolute atomic E-state index is 0.147. The smallest absolute Gasteiger partial charge is 0.305 e. The van der Waals surface area contributed by atoms with Crippen LogP contribution in [0.5, 0.6) is 0 Å². The van der Waals surface area contributed by atoms with E-state index < -0.39 is 0 Å². The molecule has 0 radical (unpaired) electrons. The van der Waals surface area contributed by atoms with E-state index in [0.717, 1.165) is 32.0 Å². The molecule has 3 heteroatoms. The van der Waals surface area contributed by atoms with Gasteiger partial charge in [0.25, 0.3) is 0 Å². The Morgan fingerprint density at radius 3 is 2.26 bits per heavy atom. The molecule has 0 aliphatic heterocycles. The van der Waals surface area contributed by atoms with Crippen LogP contribution in [0.4, 0.5) is 0 Å². The molecular formula is C16H22O3. The average Bonchev–Trinajstić information content (AvgIpc) is 2.43. The van der Waals surface area contributed by atoms with E-state index in [1.165, 1.54) is 13.2 Å². The Bertz CT molecular complexity index is 349. The van der Waals surface area contributed by atoms with Crippen molar-refractivity contribution in [3.8, 4) is 0 Å². The molecule has 19 heavy (non-hydrogen) atoms. The summed E-state index contributed by atoms with van der Waals surface area (Å²) >= 11 is 0. The number of methoxy groups -OCH3 is 1. The van der Waals surface area contributed by atoms with Crippen molar-refractivity contribution in [2.75, 3.05) is 7.11 Å². The highest BCUT2D eigenvalue weighted by atomic mass is 16.5. The average molecular weight is 262 g/mol. The third-order valence-corrected chi connectivity index (χ3v) is 2.31. The fraction of sp³-hybridized carbons (Fsp3) is 0.375. The molecule has 0 heterocycles. The van der Waals surface area contributed by atoms with E-state index in [1.54, 1.807) is 6.08 Å². The first-order valence-corrected chi connectivity index (χ1v) is 6.46. The lowest BCUT2D eigenvalue weighted by Crippen LogP contribution is -1.98. The molecule has 0 atom stereocenters. The maximum atomic E-state index is 10.8. The molecule has 0 rings (SSSR count). The maximum absolute atomic E-state index is 10.8. The molecule has 0 N–H and O–H groups in total. The van der Waals surface area contributed by atoms with Crippen LogP contribution < -0.4 is 0 Å². The molecule has 0 saturated carbocycles. The Morgan fingerprint density at radius 1 is 0.895 bits per heavy atom. The van der Waals surface area contributed by atoms with Gasteiger partial charge in [-0.25, -0.2) is 0 Å². The summed E-state index contributed by atoms with van der Waals surface area (Å²) in [4.78, 5) is 20.8. The number of aldehydes is 1. The van der Waals surface area contributed by atoms with Gasteiger partial charge in [0.1, 0.15) is 6.29 Å². The van der Waals surface area contributed by atoms with Gasteiger partial charge in [-0.2, -0.15) is 0 Å². The highest BCUT2D eigenvalue weighted by Gasteiger charge is 1.96. The Morgan fingerprint density at radius 2 is 1.53 bits per heavy atom. The number of carbonyl (C=O) groups is 2. The van der Waals surface area contributed by atoms with Crippen LogP contribution in [0.25, 0.3) is 0 Å². The van der Waals surface area contributed by atoms with Gasteiger partial charge in [-0.15, -0.1) is 0 Å². The number of unbranched alkanes of at least 4 members (excludes halogenated alkanes) is 2. The lowest BCUT2D eigenvalue weighted by molar-refractivity contribution is -0.140. The van der Waals surface area contributed by atoms with Crippen molar-refractivity contribution in [2.45, 2.75) is 32.1 Å². The highest BCUT2D eigenvalue weighted by molar-refractivity contribution is 5.69. The number of hydrogen-bond acceptors (Lipinski definition) is 3. The van der Waals surface area contributed by atoms with Gasteiger partial charge in [0, 0.05) is 6.42 Å². The molecular weight excluding hydrogens is 240 g/mol. The molecule has 0 aromatic heterocycles. The van der Waals surface area contributed by atoms with Crippen molar-refractivity contribution in [1.82, 2.24) is 0 Å². The van der Waals surface area contributed by atoms with Gasteiger partial charge in [-0.05, 0) is 31.8 Å². The number of ether oxygens (including phenoxy) is 1. The third kappa shape index (κ3) is 14.0. The first-order chi connectivity index (χ1) is 9.31. The van der Waals surface area contributed by atoms with Gasteiger partial charge >= 0.3 is 5.97 Å². The van der Waals surface area contributed by atoms with Gasteiger partial charge in [0.15, 0.2) is 0 Å². The second-order valence-electron chi connectivity index (χ2n) is 3.85. The first kappa shape index (κ1) is 17.1. The number of carbonyl (C=O) groups excluding carboxylic acids is 2. The molecule has 0 unspecified atom stereocenters. The van der Waals surface area contributed by atoms with Gasteiger partial charge in [0.2, 0.25) is 0 Å². The maximum Gasteiger partial charge on any atom is 0.305 e. The number of esters is 1. The molecule has 3 nitrogen and oxygen atoms in total. The Labute approximate surface area is 115 Å². The summed E-state index contributed by atoms with van der Waals surface area (Å²) < 4.78 is 4.55.